The van der Waals surface area contributed by atoms with Crippen LogP contribution < -0.4 is 5.32 Å². The molecule has 0 saturated carbocycles. The van der Waals surface area contributed by atoms with Gasteiger partial charge in [0, 0.05) is 12.6 Å². The summed E-state index contributed by atoms with van der Waals surface area (Å²) in [6.45, 7) is 6.00. The number of anilines is 1. The Balaban J connectivity index is 2.20. The topological polar surface area (TPSA) is 58.6 Å². The zero-order chi connectivity index (χ0) is 17.9. The predicted octanol–water partition coefficient (Wildman–Crippen LogP) is 4.45. The number of likely N-dealkylation sites (tertiary alicyclic amines) is 1. The number of halogens is 2. The molecule has 2 amide bonds. The number of piperidine rings is 1. The third-order valence-electron chi connectivity index (χ3n) is 3.92. The Labute approximate surface area is 146 Å². The van der Waals surface area contributed by atoms with Crippen molar-refractivity contribution in [3.63, 3.8) is 0 Å². The molecule has 1 atom stereocenters. The fraction of sp³-hybridized carbons (Fsp3) is 0.529. The maximum absolute atomic E-state index is 14.1. The average Bonchev–Trinajstić information content (AvgIpc) is 2.49. The number of benzene rings is 1. The predicted molar refractivity (Wildman–Crippen MR) is 91.0 cm³/mol. The van der Waals surface area contributed by atoms with Crippen LogP contribution in [-0.4, -0.2) is 35.6 Å². The van der Waals surface area contributed by atoms with Crippen molar-refractivity contribution in [2.24, 2.45) is 0 Å². The number of rotatable bonds is 3. The molecule has 1 heterocycles. The molecule has 0 radical (unpaired) electrons. The van der Waals surface area contributed by atoms with Crippen molar-refractivity contribution in [2.75, 3.05) is 11.9 Å². The molecule has 5 nitrogen and oxygen atoms in total. The van der Waals surface area contributed by atoms with Crippen molar-refractivity contribution in [3.05, 3.63) is 28.5 Å². The van der Waals surface area contributed by atoms with E-state index in [-0.39, 0.29) is 34.5 Å². The van der Waals surface area contributed by atoms with Gasteiger partial charge < -0.3 is 15.0 Å². The van der Waals surface area contributed by atoms with Gasteiger partial charge in [0.05, 0.1) is 22.4 Å². The van der Waals surface area contributed by atoms with Crippen LogP contribution in [-0.2, 0) is 4.74 Å². The number of hydrogen-bond donors (Lipinski definition) is 1. The Morgan fingerprint density at radius 1 is 1.38 bits per heavy atom. The van der Waals surface area contributed by atoms with Gasteiger partial charge in [-0.2, -0.15) is 0 Å². The van der Waals surface area contributed by atoms with Gasteiger partial charge in [0.25, 0.3) is 0 Å². The van der Waals surface area contributed by atoms with Crippen molar-refractivity contribution < 1.29 is 18.7 Å². The van der Waals surface area contributed by atoms with E-state index in [4.69, 9.17) is 16.3 Å². The van der Waals surface area contributed by atoms with Gasteiger partial charge in [-0.3, -0.25) is 0 Å². The highest BCUT2D eigenvalue weighted by molar-refractivity contribution is 6.33. The third kappa shape index (κ3) is 4.38. The molecular formula is C17H22ClFN2O3. The lowest BCUT2D eigenvalue weighted by molar-refractivity contribution is 0.0378. The number of urea groups is 1. The van der Waals surface area contributed by atoms with Crippen LogP contribution >= 0.6 is 11.6 Å². The van der Waals surface area contributed by atoms with Crippen molar-refractivity contribution in [3.8, 4) is 0 Å². The number of nitrogens with one attached hydrogen (secondary N) is 1. The van der Waals surface area contributed by atoms with E-state index in [1.165, 1.54) is 6.07 Å². The molecule has 0 bridgehead atoms. The molecular weight excluding hydrogens is 335 g/mol. The fourth-order valence-corrected chi connectivity index (χ4v) is 2.89. The van der Waals surface area contributed by atoms with E-state index in [2.05, 4.69) is 5.32 Å². The molecule has 0 aliphatic carbocycles. The van der Waals surface area contributed by atoms with Crippen LogP contribution in [0.25, 0.3) is 0 Å². The van der Waals surface area contributed by atoms with E-state index in [0.29, 0.717) is 6.54 Å². The Bertz CT molecular complexity index is 637. The summed E-state index contributed by atoms with van der Waals surface area (Å²) >= 11 is 5.92. The highest BCUT2D eigenvalue weighted by atomic mass is 35.5. The molecule has 1 fully saturated rings. The highest BCUT2D eigenvalue weighted by Gasteiger charge is 2.25. The Hall–Kier alpha value is -1.82. The van der Waals surface area contributed by atoms with Crippen LogP contribution in [0.5, 0.6) is 0 Å². The third-order valence-corrected chi connectivity index (χ3v) is 4.24. The minimum absolute atomic E-state index is 0.0220. The highest BCUT2D eigenvalue weighted by Crippen LogP contribution is 2.26. The van der Waals surface area contributed by atoms with E-state index in [1.807, 2.05) is 6.92 Å². The Morgan fingerprint density at radius 2 is 2.08 bits per heavy atom. The second kappa shape index (κ2) is 7.83. The van der Waals surface area contributed by atoms with Crippen LogP contribution in [0.3, 0.4) is 0 Å². The van der Waals surface area contributed by atoms with Crippen molar-refractivity contribution in [1.29, 1.82) is 0 Å². The smallest absolute Gasteiger partial charge is 0.339 e. The van der Waals surface area contributed by atoms with Crippen LogP contribution in [0.15, 0.2) is 12.1 Å². The van der Waals surface area contributed by atoms with Gasteiger partial charge in [0.2, 0.25) is 0 Å². The van der Waals surface area contributed by atoms with E-state index in [9.17, 15) is 14.0 Å². The summed E-state index contributed by atoms with van der Waals surface area (Å²) < 4.78 is 19.2. The first-order chi connectivity index (χ1) is 11.3. The number of amides is 2. The van der Waals surface area contributed by atoms with Gasteiger partial charge in [-0.1, -0.05) is 11.6 Å². The van der Waals surface area contributed by atoms with Gasteiger partial charge in [0.15, 0.2) is 0 Å². The molecule has 7 heteroatoms. The molecule has 2 rings (SSSR count). The number of carbonyl (C=O) groups is 2. The van der Waals surface area contributed by atoms with E-state index < -0.39 is 11.8 Å². The summed E-state index contributed by atoms with van der Waals surface area (Å²) in [5, 5.41) is 2.48. The van der Waals surface area contributed by atoms with Crippen LogP contribution in [0.4, 0.5) is 14.9 Å². The lowest BCUT2D eigenvalue weighted by atomic mass is 10.0. The van der Waals surface area contributed by atoms with Crippen LogP contribution in [0, 0.1) is 5.82 Å². The summed E-state index contributed by atoms with van der Waals surface area (Å²) in [6, 6.07) is 1.94. The lowest BCUT2D eigenvalue weighted by Gasteiger charge is -2.33. The largest absolute Gasteiger partial charge is 0.459 e. The summed E-state index contributed by atoms with van der Waals surface area (Å²) in [4.78, 5) is 26.1. The summed E-state index contributed by atoms with van der Waals surface area (Å²) in [5.74, 6) is -1.35. The van der Waals surface area contributed by atoms with Crippen LogP contribution in [0.1, 0.15) is 50.4 Å². The fourth-order valence-electron chi connectivity index (χ4n) is 2.67. The maximum Gasteiger partial charge on any atom is 0.339 e. The molecule has 1 unspecified atom stereocenters. The molecule has 132 valence electrons. The zero-order valence-corrected chi connectivity index (χ0v) is 14.8. The number of nitrogens with zero attached hydrogens (tertiary/aromatic N) is 1. The van der Waals surface area contributed by atoms with Gasteiger partial charge in [0.1, 0.15) is 5.82 Å². The Morgan fingerprint density at radius 3 is 2.71 bits per heavy atom. The van der Waals surface area contributed by atoms with Crippen molar-refractivity contribution in [2.45, 2.75) is 52.2 Å². The summed E-state index contributed by atoms with van der Waals surface area (Å²) in [5.41, 5.74) is -0.0633. The van der Waals surface area contributed by atoms with Gasteiger partial charge in [-0.25, -0.2) is 14.0 Å². The Kier molecular flexibility index (Phi) is 6.04. The molecule has 1 N–H and O–H groups in total. The number of ether oxygens (including phenoxy) is 1. The van der Waals surface area contributed by atoms with E-state index in [1.54, 1.807) is 18.7 Å². The maximum atomic E-state index is 14.1. The molecule has 1 aliphatic heterocycles. The molecule has 0 spiro atoms. The molecule has 0 aromatic heterocycles. The van der Waals surface area contributed by atoms with E-state index in [0.717, 1.165) is 25.3 Å². The second-order valence-corrected chi connectivity index (χ2v) is 6.64. The summed E-state index contributed by atoms with van der Waals surface area (Å²) in [7, 11) is 0. The monoisotopic (exact) mass is 356 g/mol. The van der Waals surface area contributed by atoms with E-state index >= 15 is 0 Å². The molecule has 1 saturated heterocycles. The van der Waals surface area contributed by atoms with Gasteiger partial charge in [-0.15, -0.1) is 0 Å². The molecule has 1 aliphatic rings. The minimum Gasteiger partial charge on any atom is -0.459 e. The van der Waals surface area contributed by atoms with Crippen LogP contribution in [0.2, 0.25) is 5.02 Å². The standard InChI is InChI=1S/C17H22ClFN2O3/c1-10(2)24-16(22)12-8-15(14(19)9-13(12)18)20-17(23)21-7-5-4-6-11(21)3/h8-11H,4-7H2,1-3H3,(H,20,23). The first kappa shape index (κ1) is 18.5. The lowest BCUT2D eigenvalue weighted by Crippen LogP contribution is -2.44. The van der Waals surface area contributed by atoms with Crippen molar-refractivity contribution in [1.82, 2.24) is 4.90 Å². The molecule has 1 aromatic rings. The van der Waals surface area contributed by atoms with Crippen molar-refractivity contribution >= 4 is 29.3 Å². The first-order valence-corrected chi connectivity index (χ1v) is 8.45. The SMILES string of the molecule is CC(C)OC(=O)c1cc(NC(=O)N2CCCCC2C)c(F)cc1Cl. The molecule has 24 heavy (non-hydrogen) atoms. The number of hydrogen-bond acceptors (Lipinski definition) is 3. The van der Waals surface area contributed by atoms with Gasteiger partial charge >= 0.3 is 12.0 Å². The van der Waals surface area contributed by atoms with Gasteiger partial charge in [-0.05, 0) is 52.2 Å². The first-order valence-electron chi connectivity index (χ1n) is 8.07. The summed E-state index contributed by atoms with van der Waals surface area (Å²) in [6.07, 6.45) is 2.59. The minimum atomic E-state index is -0.695. The quantitative estimate of drug-likeness (QED) is 0.814. The zero-order valence-electron chi connectivity index (χ0n) is 14.1. The normalized spacial score (nSPS) is 17.8. The number of carbonyl (C=O) groups excluding carboxylic acids is 2. The average molecular weight is 357 g/mol. The second-order valence-electron chi connectivity index (χ2n) is 6.23. The molecule has 1 aromatic carbocycles. The number of esters is 1.